The third kappa shape index (κ3) is 5.88. The van der Waals surface area contributed by atoms with Gasteiger partial charge in [0.1, 0.15) is 14.2 Å². The van der Waals surface area contributed by atoms with Crippen LogP contribution in [0.25, 0.3) is 0 Å². The lowest BCUT2D eigenvalue weighted by atomic mass is 10.1. The van der Waals surface area contributed by atoms with Crippen molar-refractivity contribution >= 4 is 37.3 Å². The maximum atomic E-state index is 12.7. The Labute approximate surface area is 194 Å². The van der Waals surface area contributed by atoms with Gasteiger partial charge < -0.3 is 10.1 Å². The number of carbonyl (C=O) groups excluding carboxylic acids is 1. The van der Waals surface area contributed by atoms with E-state index in [9.17, 15) is 21.6 Å². The Morgan fingerprint density at radius 3 is 2.55 bits per heavy atom. The molecule has 12 nitrogen and oxygen atoms in total. The van der Waals surface area contributed by atoms with Gasteiger partial charge in [-0.1, -0.05) is 19.1 Å². The number of ether oxygens (including phenoxy) is 1. The Bertz CT molecular complexity index is 1210. The fraction of sp³-hybridized carbons (Fsp3) is 0.389. The molecule has 0 aliphatic carbocycles. The molecule has 1 amide bonds. The summed E-state index contributed by atoms with van der Waals surface area (Å²) < 4.78 is 57.3. The topological polar surface area (TPSA) is 172 Å². The Hall–Kier alpha value is -2.11. The molecule has 0 saturated heterocycles. The van der Waals surface area contributed by atoms with Crippen molar-refractivity contribution in [3.05, 3.63) is 41.5 Å². The van der Waals surface area contributed by atoms with E-state index in [0.29, 0.717) is 35.4 Å². The summed E-state index contributed by atoms with van der Waals surface area (Å²) >= 11 is 0.596. The first kappa shape index (κ1) is 25.5. The molecule has 4 N–H and O–H groups in total. The molecule has 1 unspecified atom stereocenters. The van der Waals surface area contributed by atoms with Crippen LogP contribution in [0.1, 0.15) is 37.4 Å². The van der Waals surface area contributed by atoms with Gasteiger partial charge in [0.15, 0.2) is 9.84 Å². The lowest BCUT2D eigenvalue weighted by Crippen LogP contribution is -2.33. The maximum Gasteiger partial charge on any atom is 0.426 e. The van der Waals surface area contributed by atoms with Crippen LogP contribution in [0, 0.1) is 0 Å². The molecule has 0 radical (unpaired) electrons. The number of fused-ring (bicyclic) bond motifs is 1. The van der Waals surface area contributed by atoms with E-state index in [1.807, 2.05) is 6.92 Å². The molecule has 1 aromatic carbocycles. The van der Waals surface area contributed by atoms with E-state index in [1.54, 1.807) is 11.6 Å². The summed E-state index contributed by atoms with van der Waals surface area (Å²) in [7, 11) is -8.06. The minimum absolute atomic E-state index is 0.0189. The highest BCUT2D eigenvalue weighted by atomic mass is 32.3. The normalized spacial score (nSPS) is 19.8. The number of nitrogens with one attached hydrogen (secondary N) is 2. The summed E-state index contributed by atoms with van der Waals surface area (Å²) in [5, 5.41) is 19.1. The summed E-state index contributed by atoms with van der Waals surface area (Å²) in [6.07, 6.45) is -0.966. The first-order chi connectivity index (χ1) is 15.4. The highest BCUT2D eigenvalue weighted by Gasteiger charge is 2.39. The Morgan fingerprint density at radius 2 is 1.94 bits per heavy atom. The number of rotatable bonds is 8. The monoisotopic (exact) mass is 521 g/mol. The molecule has 0 bridgehead atoms. The molecular weight excluding hydrogens is 498 g/mol. The van der Waals surface area contributed by atoms with Crippen LogP contribution in [0.2, 0.25) is 0 Å². The number of hydrogen-bond acceptors (Lipinski definition) is 12. The first-order valence-electron chi connectivity index (χ1n) is 9.69. The molecule has 15 heteroatoms. The van der Waals surface area contributed by atoms with Crippen LogP contribution in [0.4, 0.5) is 4.79 Å². The number of hydrogen-bond donors (Lipinski definition) is 4. The zero-order chi connectivity index (χ0) is 24.4. The van der Waals surface area contributed by atoms with Crippen LogP contribution < -0.4 is 14.8 Å². The molecule has 1 aliphatic heterocycles. The predicted molar refractivity (Wildman–Crippen MR) is 115 cm³/mol. The summed E-state index contributed by atoms with van der Waals surface area (Å²) in [5.74, 6) is 0.0189. The van der Waals surface area contributed by atoms with Gasteiger partial charge in [0.2, 0.25) is 0 Å². The van der Waals surface area contributed by atoms with Crippen molar-refractivity contribution in [3.8, 4) is 5.75 Å². The fourth-order valence-corrected chi connectivity index (χ4v) is 8.12. The number of sulfonamides is 1. The minimum Gasteiger partial charge on any atom is -0.410 e. The molecule has 182 valence electrons. The van der Waals surface area contributed by atoms with Gasteiger partial charge in [0.25, 0.3) is 10.0 Å². The molecule has 1 aromatic heterocycles. The molecule has 2 heterocycles. The van der Waals surface area contributed by atoms with Gasteiger partial charge in [-0.2, -0.15) is 0 Å². The predicted octanol–water partition coefficient (Wildman–Crippen LogP) is 1.95. The quantitative estimate of drug-likeness (QED) is 0.374. The molecule has 1 aliphatic rings. The van der Waals surface area contributed by atoms with Crippen molar-refractivity contribution < 1.29 is 41.6 Å². The summed E-state index contributed by atoms with van der Waals surface area (Å²) in [4.78, 5) is 16.6. The van der Waals surface area contributed by atoms with Crippen molar-refractivity contribution in [2.75, 3.05) is 6.54 Å². The Balaban J connectivity index is 1.74. The highest BCUT2D eigenvalue weighted by molar-refractivity contribution is 7.95. The molecule has 0 spiro atoms. The second-order valence-corrected chi connectivity index (χ2v) is 12.7. The summed E-state index contributed by atoms with van der Waals surface area (Å²) in [5.41, 5.74) is 0.883. The molecule has 33 heavy (non-hydrogen) atoms. The number of sulfone groups is 1. The number of carbonyl (C=O) groups is 1. The van der Waals surface area contributed by atoms with E-state index in [4.69, 9.17) is 15.2 Å². The van der Waals surface area contributed by atoms with Crippen LogP contribution >= 0.6 is 11.3 Å². The van der Waals surface area contributed by atoms with Crippen LogP contribution in [0.3, 0.4) is 0 Å². The molecule has 2 aromatic rings. The third-order valence-corrected chi connectivity index (χ3v) is 10.5. The second-order valence-electron chi connectivity index (χ2n) is 7.17. The summed E-state index contributed by atoms with van der Waals surface area (Å²) in [6, 6.07) is 6.57. The van der Waals surface area contributed by atoms with Crippen molar-refractivity contribution in [1.29, 1.82) is 0 Å². The van der Waals surface area contributed by atoms with Crippen LogP contribution in [-0.4, -0.2) is 50.5 Å². The van der Waals surface area contributed by atoms with Crippen molar-refractivity contribution in [2.24, 2.45) is 0 Å². The van der Waals surface area contributed by atoms with E-state index in [-0.39, 0.29) is 26.8 Å². The van der Waals surface area contributed by atoms with Crippen molar-refractivity contribution in [1.82, 2.24) is 15.4 Å². The lowest BCUT2D eigenvalue weighted by molar-refractivity contribution is -0.497. The highest BCUT2D eigenvalue weighted by Crippen LogP contribution is 2.42. The van der Waals surface area contributed by atoms with Gasteiger partial charge in [0.05, 0.1) is 17.2 Å². The van der Waals surface area contributed by atoms with Gasteiger partial charge in [-0.3, -0.25) is 10.4 Å². The summed E-state index contributed by atoms with van der Waals surface area (Å²) in [6.45, 7) is 3.84. The standard InChI is InChI=1S/C18H23N3O9S3/c1-3-19-15-8-11(2)32(25,26)17-14(15)9-16(31-17)33(27,28)20-18(22)30-13-6-4-12(5-7-13)10-29-21(23)24/h4-7,9,11,15,19,23-24H,3,8,10H2,1-2H3,(H,20,22)/t11?,15-/m0/s1. The smallest absolute Gasteiger partial charge is 0.410 e. The van der Waals surface area contributed by atoms with E-state index in [0.717, 1.165) is 0 Å². The lowest BCUT2D eigenvalue weighted by Gasteiger charge is -2.27. The first-order valence-corrected chi connectivity index (χ1v) is 13.5. The van der Waals surface area contributed by atoms with Gasteiger partial charge in [-0.25, -0.2) is 31.2 Å². The average Bonchev–Trinajstić information content (AvgIpc) is 3.19. The van der Waals surface area contributed by atoms with Gasteiger partial charge in [-0.15, -0.1) is 11.3 Å². The van der Waals surface area contributed by atoms with Gasteiger partial charge in [0, 0.05) is 11.6 Å². The number of benzene rings is 1. The minimum atomic E-state index is -4.39. The largest absolute Gasteiger partial charge is 0.426 e. The number of nitrogens with zero attached hydrogens (tertiary/aromatic N) is 1. The number of amides is 1. The van der Waals surface area contributed by atoms with E-state index in [1.165, 1.54) is 30.3 Å². The second kappa shape index (κ2) is 10.0. The molecule has 2 atom stereocenters. The molecule has 3 rings (SSSR count). The number of thiophene rings is 1. The maximum absolute atomic E-state index is 12.7. The van der Waals surface area contributed by atoms with Crippen molar-refractivity contribution in [2.45, 2.75) is 46.6 Å². The van der Waals surface area contributed by atoms with Crippen molar-refractivity contribution in [3.63, 3.8) is 0 Å². The van der Waals surface area contributed by atoms with E-state index >= 15 is 0 Å². The van der Waals surface area contributed by atoms with Crippen LogP contribution in [0.5, 0.6) is 5.75 Å². The Kier molecular flexibility index (Phi) is 7.75. The zero-order valence-corrected chi connectivity index (χ0v) is 20.0. The SMILES string of the molecule is CCN[C@H]1CC(C)S(=O)(=O)c2sc(S(=O)(=O)NC(=O)Oc3ccc(CON(O)O)cc3)cc21. The van der Waals surface area contributed by atoms with Crippen LogP contribution in [0.15, 0.2) is 38.8 Å². The molecule has 0 fully saturated rings. The fourth-order valence-electron chi connectivity index (χ4n) is 3.25. The van der Waals surface area contributed by atoms with E-state index in [2.05, 4.69) is 10.2 Å². The molecular formula is C18H23N3O9S3. The Morgan fingerprint density at radius 1 is 1.27 bits per heavy atom. The van der Waals surface area contributed by atoms with Gasteiger partial charge >= 0.3 is 6.09 Å². The zero-order valence-electron chi connectivity index (χ0n) is 17.6. The van der Waals surface area contributed by atoms with Gasteiger partial charge in [-0.05, 0) is 43.7 Å². The average molecular weight is 522 g/mol. The molecule has 0 saturated carbocycles. The van der Waals surface area contributed by atoms with Crippen LogP contribution in [-0.2, 0) is 31.3 Å². The third-order valence-electron chi connectivity index (χ3n) is 4.85. The van der Waals surface area contributed by atoms with E-state index < -0.39 is 36.6 Å².